The largest absolute Gasteiger partial charge is 0.507 e. The number of aryl methyl sites for hydroxylation is 1. The Bertz CT molecular complexity index is 1300. The third-order valence-electron chi connectivity index (χ3n) is 5.91. The van der Waals surface area contributed by atoms with Crippen LogP contribution in [0.5, 0.6) is 17.2 Å². The topological polar surface area (TPSA) is 85.3 Å². The van der Waals surface area contributed by atoms with Gasteiger partial charge in [0.25, 0.3) is 11.7 Å². The second-order valence-corrected chi connectivity index (χ2v) is 7.76. The van der Waals surface area contributed by atoms with Gasteiger partial charge in [0.2, 0.25) is 0 Å². The maximum atomic E-state index is 13.4. The van der Waals surface area contributed by atoms with Gasteiger partial charge in [-0.3, -0.25) is 14.5 Å². The molecular weight excluding hydrogens is 434 g/mol. The molecule has 1 aliphatic heterocycles. The fourth-order valence-corrected chi connectivity index (χ4v) is 4.25. The molecule has 1 N–H and O–H groups in total. The van der Waals surface area contributed by atoms with Gasteiger partial charge in [0.15, 0.2) is 0 Å². The summed E-state index contributed by atoms with van der Waals surface area (Å²) >= 11 is 0. The van der Waals surface area contributed by atoms with E-state index in [4.69, 9.17) is 14.2 Å². The molecule has 0 aromatic heterocycles. The van der Waals surface area contributed by atoms with E-state index in [2.05, 4.69) is 0 Å². The Morgan fingerprint density at radius 3 is 2.21 bits per heavy atom. The van der Waals surface area contributed by atoms with Crippen molar-refractivity contribution in [3.63, 3.8) is 0 Å². The fraction of sp³-hybridized carbons (Fsp3) is 0.185. The second kappa shape index (κ2) is 9.31. The molecule has 1 fully saturated rings. The van der Waals surface area contributed by atoms with Crippen molar-refractivity contribution in [2.75, 3.05) is 26.2 Å². The van der Waals surface area contributed by atoms with E-state index in [9.17, 15) is 14.7 Å². The molecule has 1 atom stereocenters. The first-order valence-corrected chi connectivity index (χ1v) is 10.6. The normalized spacial score (nSPS) is 17.1. The number of benzene rings is 3. The van der Waals surface area contributed by atoms with Crippen LogP contribution in [0.4, 0.5) is 5.69 Å². The van der Waals surface area contributed by atoms with Crippen LogP contribution in [0, 0.1) is 6.92 Å². The van der Waals surface area contributed by atoms with Gasteiger partial charge in [0.05, 0.1) is 38.5 Å². The van der Waals surface area contributed by atoms with Gasteiger partial charge in [0, 0.05) is 11.3 Å². The Morgan fingerprint density at radius 2 is 1.53 bits per heavy atom. The van der Waals surface area contributed by atoms with E-state index in [-0.39, 0.29) is 16.9 Å². The van der Waals surface area contributed by atoms with Crippen molar-refractivity contribution in [2.45, 2.75) is 13.0 Å². The number of Topliss-reactive ketones (excluding diaryl/α,β-unsaturated/α-hetero) is 1. The van der Waals surface area contributed by atoms with Crippen molar-refractivity contribution in [1.82, 2.24) is 0 Å². The molecule has 3 aromatic rings. The minimum Gasteiger partial charge on any atom is -0.507 e. The summed E-state index contributed by atoms with van der Waals surface area (Å²) in [6.07, 6.45) is 0. The van der Waals surface area contributed by atoms with Crippen LogP contribution >= 0.6 is 0 Å². The van der Waals surface area contributed by atoms with Crippen molar-refractivity contribution in [3.8, 4) is 17.2 Å². The van der Waals surface area contributed by atoms with Gasteiger partial charge in [-0.1, -0.05) is 36.4 Å². The molecule has 1 aliphatic rings. The number of ether oxygens (including phenoxy) is 3. The Hall–Kier alpha value is -4.26. The first kappa shape index (κ1) is 22.9. The molecule has 174 valence electrons. The zero-order chi connectivity index (χ0) is 24.4. The molecule has 0 aliphatic carbocycles. The number of carbonyl (C=O) groups is 2. The second-order valence-electron chi connectivity index (χ2n) is 7.76. The van der Waals surface area contributed by atoms with Gasteiger partial charge in [-0.05, 0) is 42.8 Å². The monoisotopic (exact) mass is 459 g/mol. The number of amides is 1. The number of hydrogen-bond acceptors (Lipinski definition) is 6. The van der Waals surface area contributed by atoms with Gasteiger partial charge >= 0.3 is 0 Å². The van der Waals surface area contributed by atoms with E-state index < -0.39 is 17.7 Å². The van der Waals surface area contributed by atoms with Crippen molar-refractivity contribution < 1.29 is 28.9 Å². The summed E-state index contributed by atoms with van der Waals surface area (Å²) in [7, 11) is 4.48. The van der Waals surface area contributed by atoms with Gasteiger partial charge in [0.1, 0.15) is 23.0 Å². The van der Waals surface area contributed by atoms with E-state index >= 15 is 0 Å². The number of carbonyl (C=O) groups excluding carboxylic acids is 2. The smallest absolute Gasteiger partial charge is 0.300 e. The first-order valence-electron chi connectivity index (χ1n) is 10.6. The summed E-state index contributed by atoms with van der Waals surface area (Å²) in [5, 5.41) is 11.5. The van der Waals surface area contributed by atoms with Crippen LogP contribution in [0.3, 0.4) is 0 Å². The first-order chi connectivity index (χ1) is 16.4. The summed E-state index contributed by atoms with van der Waals surface area (Å²) in [4.78, 5) is 28.2. The lowest BCUT2D eigenvalue weighted by Crippen LogP contribution is -2.30. The molecule has 0 radical (unpaired) electrons. The lowest BCUT2D eigenvalue weighted by Gasteiger charge is -2.28. The molecule has 4 rings (SSSR count). The highest BCUT2D eigenvalue weighted by Crippen LogP contribution is 2.46. The standard InChI is InChI=1S/C27H25NO6/c1-16-9-5-7-11-20(16)28-24(18-10-6-8-12-21(18)33-3)23(26(30)27(28)31)25(29)19-15-17(32-2)13-14-22(19)34-4/h5-15,24,29H,1-4H3/b25-23+. The molecule has 3 aromatic carbocycles. The van der Waals surface area contributed by atoms with Gasteiger partial charge < -0.3 is 19.3 Å². The molecule has 1 saturated heterocycles. The Balaban J connectivity index is 2.04. The van der Waals surface area contributed by atoms with Gasteiger partial charge in [-0.15, -0.1) is 0 Å². The molecule has 7 heteroatoms. The van der Waals surface area contributed by atoms with E-state index in [0.29, 0.717) is 28.5 Å². The quantitative estimate of drug-likeness (QED) is 0.328. The lowest BCUT2D eigenvalue weighted by atomic mass is 9.94. The molecule has 34 heavy (non-hydrogen) atoms. The summed E-state index contributed by atoms with van der Waals surface area (Å²) in [5.74, 6) is -0.628. The zero-order valence-electron chi connectivity index (χ0n) is 19.4. The number of aliphatic hydroxyl groups excluding tert-OH is 1. The average Bonchev–Trinajstić information content (AvgIpc) is 3.13. The third-order valence-corrected chi connectivity index (χ3v) is 5.91. The highest BCUT2D eigenvalue weighted by atomic mass is 16.5. The number of nitrogens with zero attached hydrogens (tertiary/aromatic N) is 1. The van der Waals surface area contributed by atoms with E-state index in [0.717, 1.165) is 5.56 Å². The average molecular weight is 459 g/mol. The highest BCUT2D eigenvalue weighted by molar-refractivity contribution is 6.51. The number of hydrogen-bond donors (Lipinski definition) is 1. The zero-order valence-corrected chi connectivity index (χ0v) is 19.4. The summed E-state index contributed by atoms with van der Waals surface area (Å²) in [5.41, 5.74) is 2.12. The Kier molecular flexibility index (Phi) is 6.27. The predicted molar refractivity (Wildman–Crippen MR) is 129 cm³/mol. The fourth-order valence-electron chi connectivity index (χ4n) is 4.25. The van der Waals surface area contributed by atoms with Crippen molar-refractivity contribution in [3.05, 3.63) is 89.0 Å². The van der Waals surface area contributed by atoms with Crippen LogP contribution in [0.2, 0.25) is 0 Å². The molecule has 1 amide bonds. The Labute approximate surface area is 197 Å². The summed E-state index contributed by atoms with van der Waals surface area (Å²) in [6, 6.07) is 18.4. The molecule has 0 saturated carbocycles. The number of anilines is 1. The highest BCUT2D eigenvalue weighted by Gasteiger charge is 2.48. The molecule has 1 heterocycles. The summed E-state index contributed by atoms with van der Waals surface area (Å²) in [6.45, 7) is 1.86. The van der Waals surface area contributed by atoms with Crippen LogP contribution in [0.25, 0.3) is 5.76 Å². The lowest BCUT2D eigenvalue weighted by molar-refractivity contribution is -0.132. The van der Waals surface area contributed by atoms with Crippen LogP contribution < -0.4 is 19.1 Å². The molecule has 0 spiro atoms. The molecule has 7 nitrogen and oxygen atoms in total. The number of ketones is 1. The maximum Gasteiger partial charge on any atom is 0.300 e. The van der Waals surface area contributed by atoms with E-state index in [1.807, 2.05) is 19.1 Å². The van der Waals surface area contributed by atoms with Gasteiger partial charge in [-0.25, -0.2) is 0 Å². The van der Waals surface area contributed by atoms with E-state index in [1.54, 1.807) is 54.6 Å². The molecule has 0 bridgehead atoms. The molecular formula is C27H25NO6. The minimum absolute atomic E-state index is 0.0655. The minimum atomic E-state index is -0.923. The van der Waals surface area contributed by atoms with Crippen molar-refractivity contribution in [2.24, 2.45) is 0 Å². The van der Waals surface area contributed by atoms with Crippen molar-refractivity contribution in [1.29, 1.82) is 0 Å². The SMILES string of the molecule is COc1ccc(OC)c(/C(O)=C2\C(=O)C(=O)N(c3ccccc3C)C2c2ccccc2OC)c1. The number of methoxy groups -OCH3 is 3. The Morgan fingerprint density at radius 1 is 0.853 bits per heavy atom. The van der Waals surface area contributed by atoms with E-state index in [1.165, 1.54) is 26.2 Å². The van der Waals surface area contributed by atoms with Crippen LogP contribution in [-0.4, -0.2) is 38.1 Å². The van der Waals surface area contributed by atoms with Crippen LogP contribution in [0.1, 0.15) is 22.7 Å². The van der Waals surface area contributed by atoms with Crippen LogP contribution in [-0.2, 0) is 9.59 Å². The number of aliphatic hydroxyl groups is 1. The van der Waals surface area contributed by atoms with Gasteiger partial charge in [-0.2, -0.15) is 0 Å². The van der Waals surface area contributed by atoms with Crippen molar-refractivity contribution >= 4 is 23.1 Å². The summed E-state index contributed by atoms with van der Waals surface area (Å²) < 4.78 is 16.3. The third kappa shape index (κ3) is 3.75. The molecule has 1 unspecified atom stereocenters. The number of rotatable bonds is 6. The predicted octanol–water partition coefficient (Wildman–Crippen LogP) is 4.65. The maximum absolute atomic E-state index is 13.4. The number of para-hydroxylation sites is 2. The van der Waals surface area contributed by atoms with Crippen LogP contribution in [0.15, 0.2) is 72.3 Å².